The lowest BCUT2D eigenvalue weighted by atomic mass is 10.1. The van der Waals surface area contributed by atoms with Crippen LogP contribution in [0, 0.1) is 6.92 Å². The Morgan fingerprint density at radius 2 is 1.94 bits per heavy atom. The zero-order chi connectivity index (χ0) is 23.6. The molecule has 0 saturated carbocycles. The number of benzene rings is 2. The van der Waals surface area contributed by atoms with Crippen LogP contribution in [0.2, 0.25) is 0 Å². The monoisotopic (exact) mass is 471 g/mol. The van der Waals surface area contributed by atoms with E-state index in [1.807, 2.05) is 30.3 Å². The van der Waals surface area contributed by atoms with Gasteiger partial charge in [0.25, 0.3) is 11.8 Å². The minimum atomic E-state index is -0.754. The van der Waals surface area contributed by atoms with Crippen molar-refractivity contribution in [1.29, 1.82) is 0 Å². The molecule has 0 aliphatic rings. The van der Waals surface area contributed by atoms with Crippen molar-refractivity contribution in [1.82, 2.24) is 15.8 Å². The van der Waals surface area contributed by atoms with Gasteiger partial charge in [-0.3, -0.25) is 20.4 Å². The molecule has 33 heavy (non-hydrogen) atoms. The fourth-order valence-electron chi connectivity index (χ4n) is 3.12. The number of hydrogen-bond donors (Lipinski definition) is 2. The van der Waals surface area contributed by atoms with Crippen LogP contribution in [0.15, 0.2) is 59.1 Å². The number of oxazole rings is 1. The van der Waals surface area contributed by atoms with Gasteiger partial charge in [-0.1, -0.05) is 30.3 Å². The molecule has 9 heteroatoms. The number of ether oxygens (including phenoxy) is 2. The van der Waals surface area contributed by atoms with Crippen LogP contribution in [0.5, 0.6) is 5.75 Å². The molecule has 0 fully saturated rings. The van der Waals surface area contributed by atoms with E-state index in [2.05, 4.69) is 15.8 Å². The van der Waals surface area contributed by atoms with E-state index in [9.17, 15) is 9.59 Å². The van der Waals surface area contributed by atoms with Crippen molar-refractivity contribution in [3.8, 4) is 17.1 Å². The van der Waals surface area contributed by atoms with Gasteiger partial charge in [-0.05, 0) is 36.6 Å². The van der Waals surface area contributed by atoms with E-state index in [-0.39, 0.29) is 6.61 Å². The Bertz CT molecular complexity index is 1070. The molecule has 2 N–H and O–H groups in total. The third-order valence-electron chi connectivity index (χ3n) is 4.84. The number of amides is 2. The fourth-order valence-corrected chi connectivity index (χ4v) is 3.27. The summed E-state index contributed by atoms with van der Waals surface area (Å²) in [5.74, 6) is 0.946. The predicted octanol–water partition coefficient (Wildman–Crippen LogP) is 4.02. The Morgan fingerprint density at radius 3 is 2.61 bits per heavy atom. The molecule has 0 saturated heterocycles. The second-order valence-electron chi connectivity index (χ2n) is 7.22. The van der Waals surface area contributed by atoms with Crippen molar-refractivity contribution >= 4 is 23.4 Å². The summed E-state index contributed by atoms with van der Waals surface area (Å²) in [6.07, 6.45) is 1.86. The van der Waals surface area contributed by atoms with Crippen LogP contribution in [0.1, 0.15) is 34.7 Å². The van der Waals surface area contributed by atoms with Gasteiger partial charge in [-0.25, -0.2) is 4.98 Å². The first-order valence-corrected chi connectivity index (χ1v) is 11.0. The minimum Gasteiger partial charge on any atom is -0.496 e. The number of carbonyl (C=O) groups is 2. The normalized spacial score (nSPS) is 11.6. The number of alkyl halides is 1. The average molecular weight is 472 g/mol. The average Bonchev–Trinajstić information content (AvgIpc) is 3.28. The van der Waals surface area contributed by atoms with Crippen molar-refractivity contribution < 1.29 is 23.5 Å². The lowest BCUT2D eigenvalue weighted by Crippen LogP contribution is -2.47. The maximum absolute atomic E-state index is 12.6. The molecule has 0 bridgehead atoms. The van der Waals surface area contributed by atoms with Gasteiger partial charge in [0.1, 0.15) is 11.9 Å². The molecule has 0 aliphatic heterocycles. The molecule has 1 unspecified atom stereocenters. The van der Waals surface area contributed by atoms with Crippen molar-refractivity contribution in [2.24, 2.45) is 0 Å². The summed E-state index contributed by atoms with van der Waals surface area (Å²) in [4.78, 5) is 29.3. The highest BCUT2D eigenvalue weighted by Crippen LogP contribution is 2.31. The molecular formula is C24H26ClN3O5. The van der Waals surface area contributed by atoms with E-state index in [4.69, 9.17) is 25.5 Å². The van der Waals surface area contributed by atoms with Crippen molar-refractivity contribution in [2.75, 3.05) is 13.0 Å². The Balaban J connectivity index is 1.61. The van der Waals surface area contributed by atoms with E-state index in [0.717, 1.165) is 5.56 Å². The van der Waals surface area contributed by atoms with Gasteiger partial charge < -0.3 is 13.9 Å². The Morgan fingerprint density at radius 1 is 1.15 bits per heavy atom. The summed E-state index contributed by atoms with van der Waals surface area (Å²) >= 11 is 5.78. The number of carbonyl (C=O) groups excluding carboxylic acids is 2. The van der Waals surface area contributed by atoms with Crippen LogP contribution in [-0.4, -0.2) is 35.9 Å². The highest BCUT2D eigenvalue weighted by atomic mass is 35.5. The molecule has 1 aromatic heterocycles. The van der Waals surface area contributed by atoms with Crippen LogP contribution in [0.25, 0.3) is 11.3 Å². The Kier molecular flexibility index (Phi) is 8.86. The number of nitrogens with one attached hydrogen (secondary N) is 2. The summed E-state index contributed by atoms with van der Waals surface area (Å²) in [5, 5.41) is 0. The number of nitrogens with zero attached hydrogens (tertiary/aromatic N) is 1. The molecule has 2 aromatic carbocycles. The van der Waals surface area contributed by atoms with E-state index >= 15 is 0 Å². The van der Waals surface area contributed by atoms with Crippen LogP contribution in [0.3, 0.4) is 0 Å². The van der Waals surface area contributed by atoms with E-state index in [1.54, 1.807) is 31.3 Å². The largest absolute Gasteiger partial charge is 0.496 e. The molecule has 0 radical (unpaired) electrons. The highest BCUT2D eigenvalue weighted by molar-refractivity contribution is 6.17. The number of halogens is 1. The Hall–Kier alpha value is -3.36. The van der Waals surface area contributed by atoms with Crippen molar-refractivity contribution in [3.05, 3.63) is 71.7 Å². The van der Waals surface area contributed by atoms with E-state index in [0.29, 0.717) is 47.2 Å². The summed E-state index contributed by atoms with van der Waals surface area (Å²) in [6.45, 7) is 2.01. The maximum Gasteiger partial charge on any atom is 0.269 e. The summed E-state index contributed by atoms with van der Waals surface area (Å²) in [6, 6.07) is 14.4. The van der Waals surface area contributed by atoms with Gasteiger partial charge in [0.05, 0.1) is 25.5 Å². The first-order chi connectivity index (χ1) is 16.0. The van der Waals surface area contributed by atoms with Crippen molar-refractivity contribution in [3.63, 3.8) is 0 Å². The van der Waals surface area contributed by atoms with Gasteiger partial charge in [0.2, 0.25) is 0 Å². The topological polar surface area (TPSA) is 103 Å². The van der Waals surface area contributed by atoms with Crippen LogP contribution in [0.4, 0.5) is 0 Å². The smallest absolute Gasteiger partial charge is 0.269 e. The number of hydrazine groups is 1. The summed E-state index contributed by atoms with van der Waals surface area (Å²) < 4.78 is 16.7. The second kappa shape index (κ2) is 12.0. The molecule has 1 atom stereocenters. The SMILES string of the molecule is COc1cc(C(=O)NNC(=O)C(CCCCl)OCc2ccccc2)ccc1-c1cnc(C)o1. The molecule has 0 aliphatic carbocycles. The molecule has 2 amide bonds. The third-order valence-corrected chi connectivity index (χ3v) is 5.10. The molecule has 3 aromatic rings. The standard InChI is InChI=1S/C24H26ClN3O5/c1-16-26-14-22(33-16)19-11-10-18(13-21(19)31-2)23(29)27-28-24(30)20(9-6-12-25)32-15-17-7-4-3-5-8-17/h3-5,7-8,10-11,13-14,20H,6,9,12,15H2,1-2H3,(H,27,29)(H,28,30). The first-order valence-electron chi connectivity index (χ1n) is 10.4. The molecule has 174 valence electrons. The quantitative estimate of drug-likeness (QED) is 0.342. The first kappa shape index (κ1) is 24.3. The van der Waals surface area contributed by atoms with Crippen LogP contribution >= 0.6 is 11.6 Å². The zero-order valence-corrected chi connectivity index (χ0v) is 19.2. The minimum absolute atomic E-state index is 0.273. The lowest BCUT2D eigenvalue weighted by molar-refractivity contribution is -0.135. The van der Waals surface area contributed by atoms with E-state index < -0.39 is 17.9 Å². The zero-order valence-electron chi connectivity index (χ0n) is 18.5. The molecule has 0 spiro atoms. The van der Waals surface area contributed by atoms with Gasteiger partial charge in [0.15, 0.2) is 11.7 Å². The number of aromatic nitrogens is 1. The maximum atomic E-state index is 12.6. The van der Waals surface area contributed by atoms with Gasteiger partial charge in [0, 0.05) is 18.4 Å². The number of hydrogen-bond acceptors (Lipinski definition) is 6. The number of aryl methyl sites for hydroxylation is 1. The number of rotatable bonds is 10. The number of methoxy groups -OCH3 is 1. The summed E-state index contributed by atoms with van der Waals surface area (Å²) in [7, 11) is 1.50. The van der Waals surface area contributed by atoms with Crippen LogP contribution in [-0.2, 0) is 16.1 Å². The van der Waals surface area contributed by atoms with Gasteiger partial charge in [-0.2, -0.15) is 0 Å². The third kappa shape index (κ3) is 6.81. The summed E-state index contributed by atoms with van der Waals surface area (Å²) in [5.41, 5.74) is 6.77. The van der Waals surface area contributed by atoms with E-state index in [1.165, 1.54) is 7.11 Å². The van der Waals surface area contributed by atoms with Crippen LogP contribution < -0.4 is 15.6 Å². The lowest BCUT2D eigenvalue weighted by Gasteiger charge is -2.18. The molecule has 8 nitrogen and oxygen atoms in total. The predicted molar refractivity (Wildman–Crippen MR) is 124 cm³/mol. The van der Waals surface area contributed by atoms with Crippen molar-refractivity contribution in [2.45, 2.75) is 32.5 Å². The fraction of sp³-hybridized carbons (Fsp3) is 0.292. The molecular weight excluding hydrogens is 446 g/mol. The second-order valence-corrected chi connectivity index (χ2v) is 7.60. The highest BCUT2D eigenvalue weighted by Gasteiger charge is 2.20. The molecule has 1 heterocycles. The Labute approximate surface area is 197 Å². The molecule has 3 rings (SSSR count). The van der Waals surface area contributed by atoms with Gasteiger partial charge >= 0.3 is 0 Å². The van der Waals surface area contributed by atoms with Gasteiger partial charge in [-0.15, -0.1) is 11.6 Å².